The van der Waals surface area contributed by atoms with E-state index in [9.17, 15) is 4.39 Å². The largest absolute Gasteiger partial charge is 0.491 e. The number of halogens is 1. The summed E-state index contributed by atoms with van der Waals surface area (Å²) in [4.78, 5) is 4.49. The minimum atomic E-state index is -0.332. The van der Waals surface area contributed by atoms with Crippen LogP contribution in [0.2, 0.25) is 0 Å². The summed E-state index contributed by atoms with van der Waals surface area (Å²) in [5.74, 6) is -0.0105. The Kier molecular flexibility index (Phi) is 13.7. The lowest BCUT2D eigenvalue weighted by Crippen LogP contribution is -2.00. The molecule has 0 N–H and O–H groups in total. The molecular formula is C28H42FNO2. The fraction of sp³-hybridized carbons (Fsp3) is 0.607. The lowest BCUT2D eigenvalue weighted by molar-refractivity contribution is 0.116. The van der Waals surface area contributed by atoms with E-state index in [1.807, 2.05) is 24.4 Å². The average molecular weight is 444 g/mol. The molecule has 0 amide bonds. The highest BCUT2D eigenvalue weighted by Gasteiger charge is 2.08. The van der Waals surface area contributed by atoms with Crippen LogP contribution in [0.5, 0.6) is 5.75 Å². The highest BCUT2D eigenvalue weighted by Crippen LogP contribution is 2.25. The molecule has 2 rings (SSSR count). The Labute approximate surface area is 194 Å². The van der Waals surface area contributed by atoms with Gasteiger partial charge in [0.05, 0.1) is 18.9 Å². The number of hydrogen-bond acceptors (Lipinski definition) is 3. The summed E-state index contributed by atoms with van der Waals surface area (Å²) in [6.07, 6.45) is 16.6. The standard InChI is InChI=1S/C28H42FNO2/c1-3-5-7-9-11-13-19-31-23-24-15-17-27(30-22-24)25-16-18-28(26(29)21-25)32-20-14-12-10-8-6-4-2/h15-18,21-22H,3-14,19-20,23H2,1-2H3. The quantitative estimate of drug-likeness (QED) is 0.216. The maximum Gasteiger partial charge on any atom is 0.165 e. The summed E-state index contributed by atoms with van der Waals surface area (Å²) in [7, 11) is 0. The molecule has 0 radical (unpaired) electrons. The van der Waals surface area contributed by atoms with Gasteiger partial charge in [-0.05, 0) is 42.7 Å². The number of unbranched alkanes of at least 4 members (excludes halogenated alkanes) is 10. The second-order valence-corrected chi connectivity index (χ2v) is 8.63. The van der Waals surface area contributed by atoms with Gasteiger partial charge < -0.3 is 9.47 Å². The van der Waals surface area contributed by atoms with Crippen LogP contribution in [0.25, 0.3) is 11.3 Å². The second kappa shape index (κ2) is 16.7. The second-order valence-electron chi connectivity index (χ2n) is 8.63. The van der Waals surface area contributed by atoms with E-state index in [1.165, 1.54) is 63.9 Å². The first-order valence-electron chi connectivity index (χ1n) is 12.7. The Bertz CT molecular complexity index is 733. The van der Waals surface area contributed by atoms with E-state index in [0.29, 0.717) is 19.0 Å². The SMILES string of the molecule is CCCCCCCCOCc1ccc(-c2ccc(OCCCCCCCC)c(F)c2)nc1. The fourth-order valence-corrected chi connectivity index (χ4v) is 3.70. The zero-order valence-electron chi connectivity index (χ0n) is 20.2. The Balaban J connectivity index is 1.70. The lowest BCUT2D eigenvalue weighted by Gasteiger charge is -2.09. The third-order valence-electron chi connectivity index (χ3n) is 5.72. The lowest BCUT2D eigenvalue weighted by atomic mass is 10.1. The van der Waals surface area contributed by atoms with Crippen molar-refractivity contribution in [3.05, 3.63) is 47.9 Å². The van der Waals surface area contributed by atoms with Crippen molar-refractivity contribution in [3.8, 4) is 17.0 Å². The minimum absolute atomic E-state index is 0.321. The predicted molar refractivity (Wildman–Crippen MR) is 132 cm³/mol. The van der Waals surface area contributed by atoms with Crippen LogP contribution >= 0.6 is 0 Å². The van der Waals surface area contributed by atoms with Crippen molar-refractivity contribution in [1.29, 1.82) is 0 Å². The molecule has 0 bridgehead atoms. The Morgan fingerprint density at radius 2 is 1.41 bits per heavy atom. The number of benzene rings is 1. The van der Waals surface area contributed by atoms with E-state index in [2.05, 4.69) is 18.8 Å². The third kappa shape index (κ3) is 10.6. The van der Waals surface area contributed by atoms with Crippen molar-refractivity contribution in [3.63, 3.8) is 0 Å². The molecule has 2 aromatic rings. The maximum atomic E-state index is 14.5. The van der Waals surface area contributed by atoms with Gasteiger partial charge >= 0.3 is 0 Å². The highest BCUT2D eigenvalue weighted by atomic mass is 19.1. The smallest absolute Gasteiger partial charge is 0.165 e. The van der Waals surface area contributed by atoms with E-state index >= 15 is 0 Å². The van der Waals surface area contributed by atoms with Crippen LogP contribution in [-0.2, 0) is 11.3 Å². The van der Waals surface area contributed by atoms with Gasteiger partial charge in [0.25, 0.3) is 0 Å². The monoisotopic (exact) mass is 443 g/mol. The van der Waals surface area contributed by atoms with Gasteiger partial charge in [0.2, 0.25) is 0 Å². The van der Waals surface area contributed by atoms with Gasteiger partial charge in [0, 0.05) is 18.4 Å². The number of aromatic nitrogens is 1. The van der Waals surface area contributed by atoms with Crippen LogP contribution in [0, 0.1) is 5.82 Å². The Hall–Kier alpha value is -1.94. The molecule has 0 aliphatic heterocycles. The van der Waals surface area contributed by atoms with Gasteiger partial charge in [-0.1, -0.05) is 84.1 Å². The Morgan fingerprint density at radius 3 is 2.03 bits per heavy atom. The zero-order valence-corrected chi connectivity index (χ0v) is 20.2. The zero-order chi connectivity index (χ0) is 22.9. The van der Waals surface area contributed by atoms with Crippen LogP contribution in [0.4, 0.5) is 4.39 Å². The van der Waals surface area contributed by atoms with E-state index in [-0.39, 0.29) is 5.82 Å². The first kappa shape index (κ1) is 26.3. The molecule has 0 atom stereocenters. The van der Waals surface area contributed by atoms with Crippen molar-refractivity contribution in [1.82, 2.24) is 4.98 Å². The van der Waals surface area contributed by atoms with Gasteiger partial charge in [-0.25, -0.2) is 4.39 Å². The molecule has 4 heteroatoms. The predicted octanol–water partition coefficient (Wildman–Crippen LogP) is 8.50. The van der Waals surface area contributed by atoms with Gasteiger partial charge in [-0.3, -0.25) is 4.98 Å². The average Bonchev–Trinajstić information content (AvgIpc) is 2.81. The van der Waals surface area contributed by atoms with E-state index in [1.54, 1.807) is 6.07 Å². The highest BCUT2D eigenvalue weighted by molar-refractivity contribution is 5.60. The number of nitrogens with zero attached hydrogens (tertiary/aromatic N) is 1. The minimum Gasteiger partial charge on any atom is -0.491 e. The molecule has 0 fully saturated rings. The molecule has 178 valence electrons. The van der Waals surface area contributed by atoms with Crippen LogP contribution in [-0.4, -0.2) is 18.2 Å². The molecule has 1 aromatic heterocycles. The maximum absolute atomic E-state index is 14.5. The van der Waals surface area contributed by atoms with Crippen molar-refractivity contribution < 1.29 is 13.9 Å². The number of hydrogen-bond donors (Lipinski definition) is 0. The molecule has 1 aromatic carbocycles. The van der Waals surface area contributed by atoms with Gasteiger partial charge in [0.15, 0.2) is 11.6 Å². The van der Waals surface area contributed by atoms with Crippen molar-refractivity contribution in [2.75, 3.05) is 13.2 Å². The number of pyridine rings is 1. The van der Waals surface area contributed by atoms with Crippen molar-refractivity contribution in [2.24, 2.45) is 0 Å². The third-order valence-corrected chi connectivity index (χ3v) is 5.72. The summed E-state index contributed by atoms with van der Waals surface area (Å²) in [5, 5.41) is 0. The number of rotatable bonds is 18. The van der Waals surface area contributed by atoms with Crippen LogP contribution in [0.3, 0.4) is 0 Å². The molecule has 3 nitrogen and oxygen atoms in total. The summed E-state index contributed by atoms with van der Waals surface area (Å²) in [6, 6.07) is 9.02. The fourth-order valence-electron chi connectivity index (χ4n) is 3.70. The molecule has 0 spiro atoms. The van der Waals surface area contributed by atoms with E-state index in [0.717, 1.165) is 42.7 Å². The van der Waals surface area contributed by atoms with Gasteiger partial charge in [0.1, 0.15) is 0 Å². The van der Waals surface area contributed by atoms with Crippen molar-refractivity contribution in [2.45, 2.75) is 97.5 Å². The molecule has 0 unspecified atom stereocenters. The summed E-state index contributed by atoms with van der Waals surface area (Å²) in [6.45, 7) is 6.38. The summed E-state index contributed by atoms with van der Waals surface area (Å²) >= 11 is 0. The summed E-state index contributed by atoms with van der Waals surface area (Å²) in [5.41, 5.74) is 2.55. The molecule has 0 saturated carbocycles. The van der Waals surface area contributed by atoms with Crippen LogP contribution < -0.4 is 4.74 Å². The summed E-state index contributed by atoms with van der Waals surface area (Å²) < 4.78 is 25.9. The first-order valence-corrected chi connectivity index (χ1v) is 12.7. The normalized spacial score (nSPS) is 11.1. The van der Waals surface area contributed by atoms with Gasteiger partial charge in [-0.2, -0.15) is 0 Å². The molecule has 1 heterocycles. The first-order chi connectivity index (χ1) is 15.7. The Morgan fingerprint density at radius 1 is 0.750 bits per heavy atom. The van der Waals surface area contributed by atoms with E-state index < -0.39 is 0 Å². The molecule has 32 heavy (non-hydrogen) atoms. The number of ether oxygens (including phenoxy) is 2. The molecule has 0 aliphatic rings. The van der Waals surface area contributed by atoms with Gasteiger partial charge in [-0.15, -0.1) is 0 Å². The molecule has 0 saturated heterocycles. The van der Waals surface area contributed by atoms with E-state index in [4.69, 9.17) is 9.47 Å². The van der Waals surface area contributed by atoms with Crippen molar-refractivity contribution >= 4 is 0 Å². The molecule has 0 aliphatic carbocycles. The topological polar surface area (TPSA) is 31.4 Å². The van der Waals surface area contributed by atoms with Crippen LogP contribution in [0.15, 0.2) is 36.5 Å². The van der Waals surface area contributed by atoms with Crippen LogP contribution in [0.1, 0.15) is 96.5 Å². The molecular weight excluding hydrogens is 401 g/mol.